The van der Waals surface area contributed by atoms with Gasteiger partial charge in [-0.05, 0) is 37.3 Å². The molecule has 1 aromatic carbocycles. The first kappa shape index (κ1) is 20.5. The minimum Gasteiger partial charge on any atom is -0.346 e. The monoisotopic (exact) mass is 437 g/mol. The quantitative estimate of drug-likeness (QED) is 0.496. The van der Waals surface area contributed by atoms with Crippen LogP contribution in [0.15, 0.2) is 55.2 Å². The van der Waals surface area contributed by atoms with E-state index in [0.717, 1.165) is 5.69 Å². The second-order valence-electron chi connectivity index (χ2n) is 6.68. The summed E-state index contributed by atoms with van der Waals surface area (Å²) in [5.74, 6) is -0.205. The summed E-state index contributed by atoms with van der Waals surface area (Å²) in [6.45, 7) is 1.25. The number of rotatable bonds is 6. The number of nitrogens with one attached hydrogen (secondary N) is 1. The number of carbonyl (C=O) groups is 1. The third-order valence-electron chi connectivity index (χ3n) is 4.45. The lowest BCUT2D eigenvalue weighted by Gasteiger charge is -2.11. The van der Waals surface area contributed by atoms with Crippen LogP contribution in [-0.4, -0.2) is 35.6 Å². The lowest BCUT2D eigenvalue weighted by atomic mass is 10.1. The summed E-state index contributed by atoms with van der Waals surface area (Å²) in [6.07, 6.45) is 6.02. The van der Waals surface area contributed by atoms with Crippen LogP contribution in [-0.2, 0) is 13.2 Å². The van der Waals surface area contributed by atoms with Crippen molar-refractivity contribution in [1.29, 1.82) is 0 Å². The Balaban J connectivity index is 1.69. The summed E-state index contributed by atoms with van der Waals surface area (Å²) >= 11 is 5.94. The molecule has 0 radical (unpaired) electrons. The Morgan fingerprint density at radius 1 is 1.10 bits per heavy atom. The summed E-state index contributed by atoms with van der Waals surface area (Å²) in [5, 5.41) is 7.40. The zero-order valence-electron chi connectivity index (χ0n) is 16.5. The molecule has 0 saturated heterocycles. The molecule has 0 unspecified atom stereocenters. The van der Waals surface area contributed by atoms with Crippen molar-refractivity contribution in [3.8, 4) is 16.9 Å². The molecule has 0 aliphatic carbocycles. The van der Waals surface area contributed by atoms with Crippen molar-refractivity contribution in [2.45, 2.75) is 20.1 Å². The molecule has 0 fully saturated rings. The van der Waals surface area contributed by atoms with Crippen molar-refractivity contribution in [3.63, 3.8) is 0 Å². The number of amides is 1. The van der Waals surface area contributed by atoms with Gasteiger partial charge in [0.2, 0.25) is 0 Å². The largest absolute Gasteiger partial charge is 0.346 e. The van der Waals surface area contributed by atoms with Crippen LogP contribution in [0.1, 0.15) is 27.6 Å². The highest BCUT2D eigenvalue weighted by atomic mass is 35.5. The zero-order valence-corrected chi connectivity index (χ0v) is 17.2. The average Bonchev–Trinajstić information content (AvgIpc) is 3.28. The number of aromatic nitrogens is 6. The van der Waals surface area contributed by atoms with Gasteiger partial charge in [-0.2, -0.15) is 5.10 Å². The van der Waals surface area contributed by atoms with Crippen LogP contribution >= 0.6 is 11.6 Å². The van der Waals surface area contributed by atoms with Crippen molar-refractivity contribution < 1.29 is 9.18 Å². The van der Waals surface area contributed by atoms with Gasteiger partial charge in [-0.25, -0.2) is 14.1 Å². The van der Waals surface area contributed by atoms with Crippen LogP contribution in [0.25, 0.3) is 16.9 Å². The molecule has 0 saturated carbocycles. The average molecular weight is 438 g/mol. The van der Waals surface area contributed by atoms with Crippen LogP contribution in [0, 0.1) is 6.92 Å². The Bertz CT molecular complexity index is 1210. The van der Waals surface area contributed by atoms with E-state index >= 15 is 0 Å². The van der Waals surface area contributed by atoms with Crippen LogP contribution in [0.4, 0.5) is 4.39 Å². The van der Waals surface area contributed by atoms with Crippen LogP contribution in [0.2, 0.25) is 5.02 Å². The number of pyridine rings is 1. The standard InChI is InChI=1S/C21H17ClFN7O/c1-13-8-25-17(10-24-13)11-27-21(31)15-4-14(19-3-2-16(22)9-26-19)5-18(6-15)30-20(7-23)28-12-29-30/h2-6,8-10,12H,7,11H2,1H3,(H,27,31). The maximum Gasteiger partial charge on any atom is 0.251 e. The molecule has 0 atom stereocenters. The summed E-state index contributed by atoms with van der Waals surface area (Å²) in [6, 6.07) is 8.51. The Hall–Kier alpha value is -3.72. The maximum atomic E-state index is 13.3. The van der Waals surface area contributed by atoms with E-state index in [1.807, 2.05) is 6.92 Å². The Morgan fingerprint density at radius 3 is 2.68 bits per heavy atom. The fourth-order valence-electron chi connectivity index (χ4n) is 2.91. The number of hydrogen-bond donors (Lipinski definition) is 1. The molecule has 156 valence electrons. The van der Waals surface area contributed by atoms with Gasteiger partial charge in [-0.1, -0.05) is 11.6 Å². The van der Waals surface area contributed by atoms with Gasteiger partial charge in [-0.15, -0.1) is 0 Å². The Labute approximate surface area is 182 Å². The predicted molar refractivity (Wildman–Crippen MR) is 112 cm³/mol. The first-order chi connectivity index (χ1) is 15.0. The number of aryl methyl sites for hydroxylation is 1. The van der Waals surface area contributed by atoms with Gasteiger partial charge < -0.3 is 5.32 Å². The number of alkyl halides is 1. The summed E-state index contributed by atoms with van der Waals surface area (Å²) in [7, 11) is 0. The van der Waals surface area contributed by atoms with Crippen molar-refractivity contribution in [3.05, 3.63) is 83.0 Å². The molecule has 1 N–H and O–H groups in total. The summed E-state index contributed by atoms with van der Waals surface area (Å²) in [5.41, 5.74) is 3.51. The van der Waals surface area contributed by atoms with E-state index in [1.54, 1.807) is 42.7 Å². The van der Waals surface area contributed by atoms with Gasteiger partial charge >= 0.3 is 0 Å². The molecule has 0 aliphatic heterocycles. The summed E-state index contributed by atoms with van der Waals surface area (Å²) in [4.78, 5) is 29.5. The third kappa shape index (κ3) is 4.72. The van der Waals surface area contributed by atoms with Gasteiger partial charge in [0.15, 0.2) is 5.82 Å². The van der Waals surface area contributed by atoms with E-state index in [2.05, 4.69) is 30.4 Å². The van der Waals surface area contributed by atoms with E-state index in [-0.39, 0.29) is 18.3 Å². The van der Waals surface area contributed by atoms with Crippen molar-refractivity contribution in [1.82, 2.24) is 35.0 Å². The van der Waals surface area contributed by atoms with Gasteiger partial charge in [0.1, 0.15) is 13.0 Å². The molecule has 31 heavy (non-hydrogen) atoms. The van der Waals surface area contributed by atoms with Crippen LogP contribution in [0.5, 0.6) is 0 Å². The molecular formula is C21H17ClFN7O. The third-order valence-corrected chi connectivity index (χ3v) is 4.67. The molecule has 0 bridgehead atoms. The Kier molecular flexibility index (Phi) is 5.94. The van der Waals surface area contributed by atoms with Gasteiger partial charge in [0, 0.05) is 23.5 Å². The highest BCUT2D eigenvalue weighted by Crippen LogP contribution is 2.24. The molecule has 0 aliphatic rings. The second kappa shape index (κ2) is 8.97. The topological polar surface area (TPSA) is 98.5 Å². The SMILES string of the molecule is Cc1cnc(CNC(=O)c2cc(-c3ccc(Cl)cn3)cc(-n3ncnc3CF)c2)cn1. The predicted octanol–water partition coefficient (Wildman–Crippen LogP) is 3.48. The maximum absolute atomic E-state index is 13.3. The van der Waals surface area contributed by atoms with Crippen molar-refractivity contribution >= 4 is 17.5 Å². The van der Waals surface area contributed by atoms with E-state index < -0.39 is 6.67 Å². The highest BCUT2D eigenvalue weighted by molar-refractivity contribution is 6.30. The van der Waals surface area contributed by atoms with E-state index in [0.29, 0.717) is 33.2 Å². The first-order valence-electron chi connectivity index (χ1n) is 9.31. The highest BCUT2D eigenvalue weighted by Gasteiger charge is 2.14. The number of halogens is 2. The minimum atomic E-state index is -0.795. The number of benzene rings is 1. The lowest BCUT2D eigenvalue weighted by molar-refractivity contribution is 0.0950. The molecule has 4 aromatic rings. The lowest BCUT2D eigenvalue weighted by Crippen LogP contribution is -2.23. The minimum absolute atomic E-state index is 0.127. The first-order valence-corrected chi connectivity index (χ1v) is 9.69. The van der Waals surface area contributed by atoms with E-state index in [1.165, 1.54) is 17.2 Å². The van der Waals surface area contributed by atoms with Crippen molar-refractivity contribution in [2.75, 3.05) is 0 Å². The molecule has 1 amide bonds. The number of carbonyl (C=O) groups excluding carboxylic acids is 1. The normalized spacial score (nSPS) is 10.8. The molecule has 10 heteroatoms. The second-order valence-corrected chi connectivity index (χ2v) is 7.12. The van der Waals surface area contributed by atoms with E-state index in [4.69, 9.17) is 11.6 Å². The smallest absolute Gasteiger partial charge is 0.251 e. The number of hydrogen-bond acceptors (Lipinski definition) is 6. The zero-order chi connectivity index (χ0) is 21.8. The molecule has 0 spiro atoms. The van der Waals surface area contributed by atoms with Crippen LogP contribution in [0.3, 0.4) is 0 Å². The fourth-order valence-corrected chi connectivity index (χ4v) is 3.03. The molecule has 3 heterocycles. The van der Waals surface area contributed by atoms with Crippen LogP contribution < -0.4 is 5.32 Å². The van der Waals surface area contributed by atoms with E-state index in [9.17, 15) is 9.18 Å². The van der Waals surface area contributed by atoms with Gasteiger partial charge in [0.25, 0.3) is 5.91 Å². The van der Waals surface area contributed by atoms with Gasteiger partial charge in [-0.3, -0.25) is 19.7 Å². The molecule has 8 nitrogen and oxygen atoms in total. The van der Waals surface area contributed by atoms with Gasteiger partial charge in [0.05, 0.1) is 40.5 Å². The molecular weight excluding hydrogens is 421 g/mol. The molecule has 3 aromatic heterocycles. The number of nitrogens with zero attached hydrogens (tertiary/aromatic N) is 6. The molecule has 4 rings (SSSR count). The fraction of sp³-hybridized carbons (Fsp3) is 0.143. The Morgan fingerprint density at radius 2 is 1.97 bits per heavy atom. The summed E-state index contributed by atoms with van der Waals surface area (Å²) < 4.78 is 14.7. The van der Waals surface area contributed by atoms with Crippen molar-refractivity contribution in [2.24, 2.45) is 0 Å².